The lowest BCUT2D eigenvalue weighted by Gasteiger charge is -2.27. The standard InChI is InChI=1S/C14H17N3O2/c1-19-12-6-4-11(5-7-12)14(9-10-16-17-15)8-2-3-13(14)18/h4-7H,2-3,8-10H2,1H3. The Hall–Kier alpha value is -2.00. The molecule has 1 saturated carbocycles. The van der Waals surface area contributed by atoms with Crippen LogP contribution in [0.15, 0.2) is 29.4 Å². The highest BCUT2D eigenvalue weighted by Gasteiger charge is 2.42. The number of benzene rings is 1. The van der Waals surface area contributed by atoms with Crippen molar-refractivity contribution in [3.63, 3.8) is 0 Å². The van der Waals surface area contributed by atoms with E-state index in [2.05, 4.69) is 10.0 Å². The number of carbonyl (C=O) groups is 1. The third-order valence-corrected chi connectivity index (χ3v) is 3.89. The summed E-state index contributed by atoms with van der Waals surface area (Å²) in [4.78, 5) is 15.0. The highest BCUT2D eigenvalue weighted by molar-refractivity contribution is 5.92. The molecule has 19 heavy (non-hydrogen) atoms. The summed E-state index contributed by atoms with van der Waals surface area (Å²) in [5.41, 5.74) is 8.92. The summed E-state index contributed by atoms with van der Waals surface area (Å²) >= 11 is 0. The molecule has 0 aromatic heterocycles. The van der Waals surface area contributed by atoms with E-state index >= 15 is 0 Å². The van der Waals surface area contributed by atoms with E-state index < -0.39 is 5.41 Å². The van der Waals surface area contributed by atoms with Crippen LogP contribution in [-0.4, -0.2) is 19.4 Å². The van der Waals surface area contributed by atoms with Gasteiger partial charge in [0.2, 0.25) is 0 Å². The van der Waals surface area contributed by atoms with Crippen LogP contribution in [-0.2, 0) is 10.2 Å². The van der Waals surface area contributed by atoms with Gasteiger partial charge in [0.05, 0.1) is 12.5 Å². The molecule has 1 atom stereocenters. The van der Waals surface area contributed by atoms with E-state index in [1.54, 1.807) is 7.11 Å². The van der Waals surface area contributed by atoms with Crippen molar-refractivity contribution in [2.24, 2.45) is 5.11 Å². The minimum Gasteiger partial charge on any atom is -0.497 e. The van der Waals surface area contributed by atoms with Gasteiger partial charge in [-0.15, -0.1) is 0 Å². The van der Waals surface area contributed by atoms with Crippen LogP contribution in [0.2, 0.25) is 0 Å². The molecule has 0 N–H and O–H groups in total. The maximum absolute atomic E-state index is 12.3. The molecule has 1 aliphatic rings. The second-order valence-corrected chi connectivity index (χ2v) is 4.79. The molecule has 0 spiro atoms. The number of carbonyl (C=O) groups excluding carboxylic acids is 1. The molecule has 5 nitrogen and oxygen atoms in total. The summed E-state index contributed by atoms with van der Waals surface area (Å²) in [6, 6.07) is 7.63. The molecule has 1 aromatic carbocycles. The molecular weight excluding hydrogens is 242 g/mol. The molecule has 0 amide bonds. The number of hydrogen-bond donors (Lipinski definition) is 0. The molecule has 1 unspecified atom stereocenters. The third kappa shape index (κ3) is 2.56. The number of Topliss-reactive ketones (excluding diaryl/α,β-unsaturated/α-hetero) is 1. The number of methoxy groups -OCH3 is 1. The van der Waals surface area contributed by atoms with E-state index in [1.165, 1.54) is 0 Å². The number of nitrogens with zero attached hydrogens (tertiary/aromatic N) is 3. The van der Waals surface area contributed by atoms with Crippen LogP contribution < -0.4 is 4.74 Å². The van der Waals surface area contributed by atoms with Crippen LogP contribution >= 0.6 is 0 Å². The number of ketones is 1. The van der Waals surface area contributed by atoms with E-state index in [9.17, 15) is 4.79 Å². The van der Waals surface area contributed by atoms with E-state index in [4.69, 9.17) is 10.3 Å². The van der Waals surface area contributed by atoms with Crippen LogP contribution in [0, 0.1) is 0 Å². The van der Waals surface area contributed by atoms with E-state index in [-0.39, 0.29) is 5.78 Å². The van der Waals surface area contributed by atoms with Gasteiger partial charge in [0.15, 0.2) is 0 Å². The Morgan fingerprint density at radius 1 is 1.42 bits per heavy atom. The van der Waals surface area contributed by atoms with Crippen molar-refractivity contribution < 1.29 is 9.53 Å². The Morgan fingerprint density at radius 2 is 2.16 bits per heavy atom. The minimum atomic E-state index is -0.472. The van der Waals surface area contributed by atoms with Gasteiger partial charge in [-0.2, -0.15) is 0 Å². The van der Waals surface area contributed by atoms with E-state index in [1.807, 2.05) is 24.3 Å². The summed E-state index contributed by atoms with van der Waals surface area (Å²) in [6.07, 6.45) is 2.94. The maximum Gasteiger partial charge on any atom is 0.143 e. The van der Waals surface area contributed by atoms with Crippen LogP contribution in [0.25, 0.3) is 10.4 Å². The number of ether oxygens (including phenoxy) is 1. The predicted octanol–water partition coefficient (Wildman–Crippen LogP) is 3.39. The molecule has 0 aliphatic heterocycles. The molecule has 2 rings (SSSR count). The first-order valence-electron chi connectivity index (χ1n) is 6.41. The molecule has 5 heteroatoms. The molecule has 0 bridgehead atoms. The molecule has 0 radical (unpaired) electrons. The van der Waals surface area contributed by atoms with E-state index in [0.29, 0.717) is 19.4 Å². The third-order valence-electron chi connectivity index (χ3n) is 3.89. The SMILES string of the molecule is COc1ccc(C2(CCN=[N+]=[N-])CCCC2=O)cc1. The van der Waals surface area contributed by atoms with Crippen LogP contribution in [0.4, 0.5) is 0 Å². The first-order valence-corrected chi connectivity index (χ1v) is 6.41. The van der Waals surface area contributed by atoms with Gasteiger partial charge < -0.3 is 4.74 Å². The van der Waals surface area contributed by atoms with Crippen LogP contribution in [0.1, 0.15) is 31.2 Å². The van der Waals surface area contributed by atoms with Gasteiger partial charge in [-0.25, -0.2) is 0 Å². The van der Waals surface area contributed by atoms with E-state index in [0.717, 1.165) is 24.2 Å². The highest BCUT2D eigenvalue weighted by atomic mass is 16.5. The molecule has 1 aliphatic carbocycles. The Kier molecular flexibility index (Phi) is 4.07. The van der Waals surface area contributed by atoms with Crippen molar-refractivity contribution in [3.8, 4) is 5.75 Å². The molecule has 100 valence electrons. The average Bonchev–Trinajstić information content (AvgIpc) is 2.82. The predicted molar refractivity (Wildman–Crippen MR) is 72.2 cm³/mol. The quantitative estimate of drug-likeness (QED) is 0.461. The molecule has 0 saturated heterocycles. The molecular formula is C14H17N3O2. The van der Waals surface area contributed by atoms with Gasteiger partial charge in [0.1, 0.15) is 11.5 Å². The van der Waals surface area contributed by atoms with Crippen molar-refractivity contribution >= 4 is 5.78 Å². The van der Waals surface area contributed by atoms with Crippen molar-refractivity contribution in [2.45, 2.75) is 31.1 Å². The first-order chi connectivity index (χ1) is 9.23. The monoisotopic (exact) mass is 259 g/mol. The number of hydrogen-bond acceptors (Lipinski definition) is 3. The van der Waals surface area contributed by atoms with Gasteiger partial charge in [-0.05, 0) is 42.5 Å². The van der Waals surface area contributed by atoms with Crippen molar-refractivity contribution in [2.75, 3.05) is 13.7 Å². The second kappa shape index (κ2) is 5.76. The molecule has 1 aromatic rings. The number of azide groups is 1. The Morgan fingerprint density at radius 3 is 2.68 bits per heavy atom. The van der Waals surface area contributed by atoms with Crippen LogP contribution in [0.5, 0.6) is 5.75 Å². The van der Waals surface area contributed by atoms with Crippen molar-refractivity contribution in [1.82, 2.24) is 0 Å². The Balaban J connectivity index is 2.30. The highest BCUT2D eigenvalue weighted by Crippen LogP contribution is 2.41. The van der Waals surface area contributed by atoms with Crippen molar-refractivity contribution in [3.05, 3.63) is 40.3 Å². The van der Waals surface area contributed by atoms with Gasteiger partial charge in [-0.1, -0.05) is 17.2 Å². The summed E-state index contributed by atoms with van der Waals surface area (Å²) in [5.74, 6) is 1.03. The fourth-order valence-electron chi connectivity index (χ4n) is 2.84. The first kappa shape index (κ1) is 13.4. The minimum absolute atomic E-state index is 0.255. The maximum atomic E-state index is 12.3. The Bertz CT molecular complexity index is 506. The fraction of sp³-hybridized carbons (Fsp3) is 0.500. The lowest BCUT2D eigenvalue weighted by molar-refractivity contribution is -0.122. The summed E-state index contributed by atoms with van der Waals surface area (Å²) in [5, 5.41) is 3.58. The zero-order valence-corrected chi connectivity index (χ0v) is 11.0. The normalized spacial score (nSPS) is 22.1. The largest absolute Gasteiger partial charge is 0.497 e. The average molecular weight is 259 g/mol. The lowest BCUT2D eigenvalue weighted by atomic mass is 9.75. The smallest absolute Gasteiger partial charge is 0.143 e. The topological polar surface area (TPSA) is 75.1 Å². The zero-order valence-electron chi connectivity index (χ0n) is 11.0. The zero-order chi connectivity index (χ0) is 13.7. The summed E-state index contributed by atoms with van der Waals surface area (Å²) in [6.45, 7) is 0.355. The van der Waals surface area contributed by atoms with Gasteiger partial charge in [0, 0.05) is 17.9 Å². The molecule has 1 fully saturated rings. The van der Waals surface area contributed by atoms with Gasteiger partial charge in [-0.3, -0.25) is 4.79 Å². The Labute approximate surface area is 112 Å². The lowest BCUT2D eigenvalue weighted by Crippen LogP contribution is -2.31. The second-order valence-electron chi connectivity index (χ2n) is 4.79. The van der Waals surface area contributed by atoms with Gasteiger partial charge in [0.25, 0.3) is 0 Å². The van der Waals surface area contributed by atoms with Crippen LogP contribution in [0.3, 0.4) is 0 Å². The van der Waals surface area contributed by atoms with Crippen molar-refractivity contribution in [1.29, 1.82) is 0 Å². The summed E-state index contributed by atoms with van der Waals surface area (Å²) < 4.78 is 5.14. The summed E-state index contributed by atoms with van der Waals surface area (Å²) in [7, 11) is 1.62. The fourth-order valence-corrected chi connectivity index (χ4v) is 2.84. The molecule has 0 heterocycles. The van der Waals surface area contributed by atoms with Gasteiger partial charge >= 0.3 is 0 Å². The number of rotatable bonds is 5.